The normalized spacial score (nSPS) is 14.1. The topological polar surface area (TPSA) is 54.1 Å². The van der Waals surface area contributed by atoms with Crippen LogP contribution in [0.2, 0.25) is 0 Å². The van der Waals surface area contributed by atoms with Gasteiger partial charge < -0.3 is 9.80 Å². The number of nitrogens with zero attached hydrogens (tertiary/aromatic N) is 4. The van der Waals surface area contributed by atoms with Gasteiger partial charge in [-0.05, 0) is 163 Å². The van der Waals surface area contributed by atoms with Crippen LogP contribution in [0.4, 0.5) is 34.1 Å². The van der Waals surface area contributed by atoms with Crippen LogP contribution in [0.5, 0.6) is 0 Å². The maximum absolute atomic E-state index is 10.1. The van der Waals surface area contributed by atoms with Crippen molar-refractivity contribution < 1.29 is 0 Å². The molecule has 0 heterocycles. The summed E-state index contributed by atoms with van der Waals surface area (Å²) < 4.78 is 0. The van der Waals surface area contributed by atoms with Gasteiger partial charge in [0.2, 0.25) is 0 Å². The number of rotatable bonds is 6. The lowest BCUT2D eigenvalue weighted by molar-refractivity contribution is 0.826. The molecule has 4 aliphatic carbocycles. The van der Waals surface area contributed by atoms with Gasteiger partial charge in [0.1, 0.15) is 0 Å². The number of nitriles is 2. The van der Waals surface area contributed by atoms with Crippen LogP contribution >= 0.6 is 0 Å². The molecule has 2 spiro atoms. The number of benzene rings is 10. The zero-order valence-electron chi connectivity index (χ0n) is 37.9. The summed E-state index contributed by atoms with van der Waals surface area (Å²) in [5.41, 5.74) is 23.2. The van der Waals surface area contributed by atoms with Crippen molar-refractivity contribution in [2.75, 3.05) is 9.80 Å². The number of para-hydroxylation sites is 2. The van der Waals surface area contributed by atoms with E-state index < -0.39 is 10.8 Å². The maximum atomic E-state index is 10.1. The summed E-state index contributed by atoms with van der Waals surface area (Å²) in [6, 6.07) is 92.1. The van der Waals surface area contributed by atoms with Gasteiger partial charge in [0, 0.05) is 34.1 Å². The van der Waals surface area contributed by atoms with Crippen molar-refractivity contribution in [1.29, 1.82) is 10.5 Å². The molecule has 0 amide bonds. The minimum absolute atomic E-state index is 0.607. The molecule has 0 radical (unpaired) electrons. The first kappa shape index (κ1) is 39.7. The molecule has 0 saturated carbocycles. The first-order chi connectivity index (χ1) is 34.6. The number of hydrogen-bond acceptors (Lipinski definition) is 4. The molecular formula is C66H40N4. The highest BCUT2D eigenvalue weighted by molar-refractivity contribution is 6.20. The van der Waals surface area contributed by atoms with E-state index in [1.165, 1.54) is 77.9 Å². The molecule has 4 aliphatic rings. The molecule has 0 N–H and O–H groups in total. The molecule has 0 aliphatic heterocycles. The second-order valence-corrected chi connectivity index (χ2v) is 18.6. The molecule has 0 atom stereocenters. The predicted molar refractivity (Wildman–Crippen MR) is 282 cm³/mol. The van der Waals surface area contributed by atoms with E-state index in [2.05, 4.69) is 216 Å². The summed E-state index contributed by atoms with van der Waals surface area (Å²) in [5, 5.41) is 20.3. The highest BCUT2D eigenvalue weighted by atomic mass is 15.1. The molecule has 0 fully saturated rings. The Hall–Kier alpha value is -9.48. The quantitative estimate of drug-likeness (QED) is 0.167. The molecule has 10 aromatic carbocycles. The van der Waals surface area contributed by atoms with Gasteiger partial charge in [-0.1, -0.05) is 158 Å². The van der Waals surface area contributed by atoms with E-state index in [0.717, 1.165) is 34.1 Å². The van der Waals surface area contributed by atoms with E-state index in [1.54, 1.807) is 0 Å². The largest absolute Gasteiger partial charge is 0.310 e. The first-order valence-electron chi connectivity index (χ1n) is 23.8. The predicted octanol–water partition coefficient (Wildman–Crippen LogP) is 15.9. The van der Waals surface area contributed by atoms with Crippen molar-refractivity contribution in [3.63, 3.8) is 0 Å². The van der Waals surface area contributed by atoms with Crippen LogP contribution < -0.4 is 9.80 Å². The van der Waals surface area contributed by atoms with Crippen molar-refractivity contribution in [3.05, 3.63) is 298 Å². The fourth-order valence-electron chi connectivity index (χ4n) is 12.8. The molecule has 0 saturated heterocycles. The SMILES string of the molecule is N#Cc1cccc(N(c2ccccc2)c2ccc3c(c2)C2(C4=C3C3(c5cc(N(c6ccccc6)c6cccc(C#N)c6)ccc54)c4ccccc4-c4ccccc43)c3ccccc3-c3ccccc32)c1. The zero-order valence-corrected chi connectivity index (χ0v) is 37.9. The Kier molecular flexibility index (Phi) is 8.51. The van der Waals surface area contributed by atoms with E-state index in [4.69, 9.17) is 0 Å². The third-order valence-corrected chi connectivity index (χ3v) is 15.3. The molecule has 0 unspecified atom stereocenters. The smallest absolute Gasteiger partial charge is 0.0992 e. The van der Waals surface area contributed by atoms with Gasteiger partial charge in [0.15, 0.2) is 0 Å². The lowest BCUT2D eigenvalue weighted by Crippen LogP contribution is -2.29. The van der Waals surface area contributed by atoms with Crippen LogP contribution in [0.3, 0.4) is 0 Å². The number of allylic oxidation sites excluding steroid dienone is 2. The Labute approximate surface area is 407 Å². The Morgan fingerprint density at radius 3 is 0.929 bits per heavy atom. The van der Waals surface area contributed by atoms with E-state index in [-0.39, 0.29) is 0 Å². The molecule has 10 aromatic rings. The van der Waals surface area contributed by atoms with Gasteiger partial charge in [-0.3, -0.25) is 0 Å². The third kappa shape index (κ3) is 5.22. The Morgan fingerprint density at radius 1 is 0.257 bits per heavy atom. The van der Waals surface area contributed by atoms with Crippen molar-refractivity contribution in [2.45, 2.75) is 10.8 Å². The monoisotopic (exact) mass is 888 g/mol. The second-order valence-electron chi connectivity index (χ2n) is 18.6. The van der Waals surface area contributed by atoms with E-state index in [0.29, 0.717) is 11.1 Å². The van der Waals surface area contributed by atoms with Crippen molar-refractivity contribution in [3.8, 4) is 34.4 Å². The molecule has 0 aromatic heterocycles. The number of fused-ring (bicyclic) bond motifs is 18. The minimum atomic E-state index is -0.711. The Morgan fingerprint density at radius 2 is 0.571 bits per heavy atom. The zero-order chi connectivity index (χ0) is 46.6. The summed E-state index contributed by atoms with van der Waals surface area (Å²) in [5.74, 6) is 0. The van der Waals surface area contributed by atoms with Crippen molar-refractivity contribution >= 4 is 45.3 Å². The number of hydrogen-bond donors (Lipinski definition) is 0. The van der Waals surface area contributed by atoms with Gasteiger partial charge in [0.25, 0.3) is 0 Å². The summed E-state index contributed by atoms with van der Waals surface area (Å²) in [6.45, 7) is 0. The highest BCUT2D eigenvalue weighted by Crippen LogP contribution is 2.75. The molecule has 4 nitrogen and oxygen atoms in total. The van der Waals surface area contributed by atoms with Gasteiger partial charge in [-0.2, -0.15) is 10.5 Å². The molecule has 324 valence electrons. The van der Waals surface area contributed by atoms with Gasteiger partial charge in [-0.25, -0.2) is 0 Å². The summed E-state index contributed by atoms with van der Waals surface area (Å²) >= 11 is 0. The molecule has 70 heavy (non-hydrogen) atoms. The molecule has 14 rings (SSSR count). The standard InChI is InChI=1S/C66H40N4/c67-41-43-17-15-23-47(37-43)69(45-19-3-1-4-20-45)49-33-35-55-61(39-49)65(57-29-11-7-25-51(57)52-26-8-12-30-58(52)65)64-56-36-34-50(70(46-21-5-2-6-22-46)48-24-16-18-44(38-48)42-68)40-62(56)66(63(55)64)59-31-13-9-27-53(59)54-28-10-14-32-60(54)66/h1-40H. The second kappa shape index (κ2) is 15.0. The van der Waals surface area contributed by atoms with Crippen molar-refractivity contribution in [2.24, 2.45) is 0 Å². The van der Waals surface area contributed by atoms with Crippen LogP contribution in [-0.2, 0) is 10.8 Å². The van der Waals surface area contributed by atoms with Crippen LogP contribution in [0.15, 0.2) is 243 Å². The summed E-state index contributed by atoms with van der Waals surface area (Å²) in [4.78, 5) is 4.58. The van der Waals surface area contributed by atoms with Gasteiger partial charge >= 0.3 is 0 Å². The Balaban J connectivity index is 1.12. The number of anilines is 6. The van der Waals surface area contributed by atoms with E-state index in [1.807, 2.05) is 48.5 Å². The lowest BCUT2D eigenvalue weighted by atomic mass is 9.66. The third-order valence-electron chi connectivity index (χ3n) is 15.3. The lowest BCUT2D eigenvalue weighted by Gasteiger charge is -2.36. The van der Waals surface area contributed by atoms with Crippen LogP contribution in [-0.4, -0.2) is 0 Å². The van der Waals surface area contributed by atoms with E-state index in [9.17, 15) is 10.5 Å². The summed E-state index contributed by atoms with van der Waals surface area (Å²) in [7, 11) is 0. The fraction of sp³-hybridized carbons (Fsp3) is 0.0303. The van der Waals surface area contributed by atoms with Crippen LogP contribution in [0.25, 0.3) is 33.4 Å². The summed E-state index contributed by atoms with van der Waals surface area (Å²) in [6.07, 6.45) is 0. The van der Waals surface area contributed by atoms with Gasteiger partial charge in [-0.15, -0.1) is 0 Å². The average Bonchev–Trinajstić information content (AvgIpc) is 4.11. The Bertz CT molecular complexity index is 3600. The molecule has 0 bridgehead atoms. The van der Waals surface area contributed by atoms with Gasteiger partial charge in [0.05, 0.1) is 34.1 Å². The maximum Gasteiger partial charge on any atom is 0.0992 e. The van der Waals surface area contributed by atoms with Crippen LogP contribution in [0.1, 0.15) is 55.6 Å². The molecule has 4 heteroatoms. The average molecular weight is 889 g/mol. The first-order valence-corrected chi connectivity index (χ1v) is 23.8. The fourth-order valence-corrected chi connectivity index (χ4v) is 12.8. The van der Waals surface area contributed by atoms with Crippen molar-refractivity contribution in [1.82, 2.24) is 0 Å². The highest BCUT2D eigenvalue weighted by Gasteiger charge is 2.63. The minimum Gasteiger partial charge on any atom is -0.310 e. The molecular weight excluding hydrogens is 849 g/mol. The van der Waals surface area contributed by atoms with E-state index >= 15 is 0 Å². The van der Waals surface area contributed by atoms with Crippen LogP contribution in [0, 0.1) is 22.7 Å².